The maximum Gasteiger partial charge on any atom is 0.389 e. The molecule has 1 aromatic heterocycles. The number of carbonyl (C=O) groups is 1. The normalized spacial score (nSPS) is 19.4. The highest BCUT2D eigenvalue weighted by molar-refractivity contribution is 5.85. The summed E-state index contributed by atoms with van der Waals surface area (Å²) in [5.74, 6) is -1.04. The molecular formula is C11H13F3N2O2. The van der Waals surface area contributed by atoms with Crippen LogP contribution in [-0.4, -0.2) is 28.8 Å². The summed E-state index contributed by atoms with van der Waals surface area (Å²) in [7, 11) is 1.22. The van der Waals surface area contributed by atoms with Crippen LogP contribution in [0.2, 0.25) is 0 Å². The Kier molecular flexibility index (Phi) is 3.32. The van der Waals surface area contributed by atoms with Crippen molar-refractivity contribution in [2.45, 2.75) is 32.0 Å². The second-order valence-electron chi connectivity index (χ2n) is 4.40. The summed E-state index contributed by atoms with van der Waals surface area (Å²) in [5, 5.41) is 0. The molecule has 0 bridgehead atoms. The fourth-order valence-electron chi connectivity index (χ4n) is 2.26. The summed E-state index contributed by atoms with van der Waals surface area (Å²) >= 11 is 0. The van der Waals surface area contributed by atoms with E-state index >= 15 is 0 Å². The molecule has 1 aliphatic rings. The number of halogens is 3. The largest absolute Gasteiger partial charge is 0.463 e. The zero-order chi connectivity index (χ0) is 13.3. The van der Waals surface area contributed by atoms with Crippen molar-refractivity contribution in [2.24, 2.45) is 5.92 Å². The standard InChI is InChI=1S/C11H13F3N2O2/c1-18-10(17)9-15-5-8-3-2-7(6-16(8)9)4-11(12,13)14/h5,7H,2-4,6H2,1H3. The van der Waals surface area contributed by atoms with Crippen LogP contribution < -0.4 is 0 Å². The molecule has 2 heterocycles. The lowest BCUT2D eigenvalue weighted by molar-refractivity contribution is -0.146. The molecule has 0 amide bonds. The number of imidazole rings is 1. The minimum atomic E-state index is -4.17. The van der Waals surface area contributed by atoms with Gasteiger partial charge in [-0.1, -0.05) is 0 Å². The van der Waals surface area contributed by atoms with Crippen molar-refractivity contribution in [1.29, 1.82) is 0 Å². The molecule has 0 saturated heterocycles. The van der Waals surface area contributed by atoms with E-state index in [-0.39, 0.29) is 12.4 Å². The third-order valence-electron chi connectivity index (χ3n) is 3.08. The van der Waals surface area contributed by atoms with Crippen molar-refractivity contribution in [3.05, 3.63) is 17.7 Å². The number of carbonyl (C=O) groups excluding carboxylic acids is 1. The van der Waals surface area contributed by atoms with E-state index in [9.17, 15) is 18.0 Å². The number of nitrogens with zero attached hydrogens (tertiary/aromatic N) is 2. The second kappa shape index (κ2) is 4.62. The van der Waals surface area contributed by atoms with E-state index in [0.717, 1.165) is 5.69 Å². The molecular weight excluding hydrogens is 249 g/mol. The van der Waals surface area contributed by atoms with Gasteiger partial charge in [-0.05, 0) is 18.8 Å². The fraction of sp³-hybridized carbons (Fsp3) is 0.636. The van der Waals surface area contributed by atoms with Crippen LogP contribution in [0.15, 0.2) is 6.20 Å². The third-order valence-corrected chi connectivity index (χ3v) is 3.08. The monoisotopic (exact) mass is 262 g/mol. The van der Waals surface area contributed by atoms with E-state index in [4.69, 9.17) is 0 Å². The summed E-state index contributed by atoms with van der Waals surface area (Å²) in [6, 6.07) is 0. The Morgan fingerprint density at radius 2 is 2.33 bits per heavy atom. The molecule has 0 saturated carbocycles. The number of methoxy groups -OCH3 is 1. The predicted octanol–water partition coefficient (Wildman–Crippen LogP) is 2.18. The van der Waals surface area contributed by atoms with Gasteiger partial charge in [0.05, 0.1) is 7.11 Å². The molecule has 0 N–H and O–H groups in total. The number of hydrogen-bond acceptors (Lipinski definition) is 3. The molecule has 0 aliphatic carbocycles. The van der Waals surface area contributed by atoms with Crippen molar-refractivity contribution in [3.63, 3.8) is 0 Å². The van der Waals surface area contributed by atoms with Gasteiger partial charge in [0.2, 0.25) is 5.82 Å². The van der Waals surface area contributed by atoms with Crippen molar-refractivity contribution < 1.29 is 22.7 Å². The van der Waals surface area contributed by atoms with E-state index in [1.807, 2.05) is 0 Å². The molecule has 0 aromatic carbocycles. The minimum absolute atomic E-state index is 0.0828. The molecule has 0 radical (unpaired) electrons. The van der Waals surface area contributed by atoms with E-state index in [1.54, 1.807) is 0 Å². The van der Waals surface area contributed by atoms with Crippen LogP contribution in [0.25, 0.3) is 0 Å². The fourth-order valence-corrected chi connectivity index (χ4v) is 2.26. The van der Waals surface area contributed by atoms with E-state index in [1.165, 1.54) is 17.9 Å². The SMILES string of the molecule is COC(=O)c1ncc2n1CC(CC(F)(F)F)CC2. The highest BCUT2D eigenvalue weighted by atomic mass is 19.4. The summed E-state index contributed by atoms with van der Waals surface area (Å²) in [5.41, 5.74) is 0.786. The van der Waals surface area contributed by atoms with Gasteiger partial charge in [-0.25, -0.2) is 9.78 Å². The number of aromatic nitrogens is 2. The maximum absolute atomic E-state index is 12.4. The van der Waals surface area contributed by atoms with Crippen LogP contribution in [0.1, 0.15) is 29.2 Å². The average molecular weight is 262 g/mol. The number of ether oxygens (including phenoxy) is 1. The van der Waals surface area contributed by atoms with Crippen molar-refractivity contribution in [1.82, 2.24) is 9.55 Å². The van der Waals surface area contributed by atoms with Gasteiger partial charge in [-0.15, -0.1) is 0 Å². The summed E-state index contributed by atoms with van der Waals surface area (Å²) in [6.07, 6.45) is -2.51. The Bertz CT molecular complexity index is 454. The first kappa shape index (κ1) is 12.9. The van der Waals surface area contributed by atoms with Crippen LogP contribution in [0.5, 0.6) is 0 Å². The van der Waals surface area contributed by atoms with Gasteiger partial charge in [0, 0.05) is 24.9 Å². The van der Waals surface area contributed by atoms with Crippen LogP contribution in [0.3, 0.4) is 0 Å². The smallest absolute Gasteiger partial charge is 0.389 e. The molecule has 18 heavy (non-hydrogen) atoms. The minimum Gasteiger partial charge on any atom is -0.463 e. The number of hydrogen-bond donors (Lipinski definition) is 0. The maximum atomic E-state index is 12.4. The first-order chi connectivity index (χ1) is 8.40. The highest BCUT2D eigenvalue weighted by Crippen LogP contribution is 2.31. The highest BCUT2D eigenvalue weighted by Gasteiger charge is 2.34. The predicted molar refractivity (Wildman–Crippen MR) is 56.0 cm³/mol. The zero-order valence-electron chi connectivity index (χ0n) is 9.83. The van der Waals surface area contributed by atoms with Crippen LogP contribution in [-0.2, 0) is 17.7 Å². The van der Waals surface area contributed by atoms with Crippen molar-refractivity contribution in [2.75, 3.05) is 7.11 Å². The number of esters is 1. The van der Waals surface area contributed by atoms with Crippen molar-refractivity contribution in [3.8, 4) is 0 Å². The summed E-state index contributed by atoms with van der Waals surface area (Å²) in [6.45, 7) is 0.166. The molecule has 1 atom stereocenters. The quantitative estimate of drug-likeness (QED) is 0.767. The molecule has 1 aliphatic heterocycles. The Hall–Kier alpha value is -1.53. The number of aryl methyl sites for hydroxylation is 1. The van der Waals surface area contributed by atoms with Gasteiger partial charge in [-0.3, -0.25) is 0 Å². The second-order valence-corrected chi connectivity index (χ2v) is 4.40. The zero-order valence-corrected chi connectivity index (χ0v) is 9.83. The molecule has 1 unspecified atom stereocenters. The van der Waals surface area contributed by atoms with Crippen LogP contribution in [0.4, 0.5) is 13.2 Å². The molecule has 100 valence electrons. The van der Waals surface area contributed by atoms with Crippen molar-refractivity contribution >= 4 is 5.97 Å². The number of alkyl halides is 3. The molecule has 0 spiro atoms. The molecule has 4 nitrogen and oxygen atoms in total. The topological polar surface area (TPSA) is 44.1 Å². The first-order valence-electron chi connectivity index (χ1n) is 5.60. The summed E-state index contributed by atoms with van der Waals surface area (Å²) in [4.78, 5) is 15.3. The molecule has 1 aromatic rings. The Labute approximate surface area is 102 Å². The lowest BCUT2D eigenvalue weighted by Gasteiger charge is -2.25. The average Bonchev–Trinajstić information content (AvgIpc) is 2.69. The van der Waals surface area contributed by atoms with Gasteiger partial charge in [0.15, 0.2) is 0 Å². The number of rotatable bonds is 2. The van der Waals surface area contributed by atoms with Crippen LogP contribution >= 0.6 is 0 Å². The van der Waals surface area contributed by atoms with Gasteiger partial charge in [-0.2, -0.15) is 13.2 Å². The summed E-state index contributed by atoms with van der Waals surface area (Å²) < 4.78 is 43.1. The lowest BCUT2D eigenvalue weighted by atomic mass is 9.94. The first-order valence-corrected chi connectivity index (χ1v) is 5.60. The van der Waals surface area contributed by atoms with Gasteiger partial charge in [0.1, 0.15) is 0 Å². The number of fused-ring (bicyclic) bond motifs is 1. The van der Waals surface area contributed by atoms with Gasteiger partial charge < -0.3 is 9.30 Å². The Morgan fingerprint density at radius 3 is 2.94 bits per heavy atom. The molecule has 2 rings (SSSR count). The third kappa shape index (κ3) is 2.65. The lowest BCUT2D eigenvalue weighted by Crippen LogP contribution is -2.27. The van der Waals surface area contributed by atoms with Gasteiger partial charge >= 0.3 is 12.1 Å². The van der Waals surface area contributed by atoms with E-state index < -0.39 is 24.5 Å². The van der Waals surface area contributed by atoms with E-state index in [0.29, 0.717) is 12.8 Å². The Balaban J connectivity index is 2.17. The van der Waals surface area contributed by atoms with Crippen LogP contribution in [0, 0.1) is 5.92 Å². The molecule has 7 heteroatoms. The van der Waals surface area contributed by atoms with Gasteiger partial charge in [0.25, 0.3) is 0 Å². The van der Waals surface area contributed by atoms with E-state index in [2.05, 4.69) is 9.72 Å². The Morgan fingerprint density at radius 1 is 1.61 bits per heavy atom. The molecule has 0 fully saturated rings.